The van der Waals surface area contributed by atoms with Gasteiger partial charge in [-0.15, -0.1) is 0 Å². The number of methoxy groups -OCH3 is 1. The van der Waals surface area contributed by atoms with Crippen LogP contribution < -0.4 is 0 Å². The van der Waals surface area contributed by atoms with Crippen molar-refractivity contribution in [2.45, 2.75) is 13.2 Å². The lowest BCUT2D eigenvalue weighted by molar-refractivity contribution is 0.113. The number of ether oxygens (including phenoxy) is 1. The number of rotatable bonds is 3. The minimum Gasteiger partial charge on any atom is -0.362 e. The molecular formula is C6H7BrF2N2O. The zero-order chi connectivity index (χ0) is 9.14. The molecular weight excluding hydrogens is 234 g/mol. The van der Waals surface area contributed by atoms with Crippen molar-refractivity contribution in [1.82, 2.24) is 9.78 Å². The summed E-state index contributed by atoms with van der Waals surface area (Å²) in [4.78, 5) is 0. The van der Waals surface area contributed by atoms with Crippen LogP contribution in [0.5, 0.6) is 0 Å². The largest absolute Gasteiger partial charge is 0.362 e. The highest BCUT2D eigenvalue weighted by molar-refractivity contribution is 9.10. The van der Waals surface area contributed by atoms with Gasteiger partial charge in [-0.2, -0.15) is 5.10 Å². The molecule has 0 N–H and O–H groups in total. The van der Waals surface area contributed by atoms with Gasteiger partial charge in [0.1, 0.15) is 12.4 Å². The van der Waals surface area contributed by atoms with Crippen LogP contribution in [0.4, 0.5) is 8.78 Å². The maximum absolute atomic E-state index is 12.1. The maximum atomic E-state index is 12.1. The van der Waals surface area contributed by atoms with Crippen molar-refractivity contribution in [2.75, 3.05) is 7.11 Å². The fourth-order valence-corrected chi connectivity index (χ4v) is 1.25. The molecule has 0 fully saturated rings. The molecule has 68 valence electrons. The molecule has 1 aromatic heterocycles. The first-order chi connectivity index (χ1) is 5.65. The van der Waals surface area contributed by atoms with Crippen molar-refractivity contribution in [1.29, 1.82) is 0 Å². The van der Waals surface area contributed by atoms with E-state index in [1.165, 1.54) is 18.0 Å². The number of alkyl halides is 2. The van der Waals surface area contributed by atoms with Gasteiger partial charge in [-0.05, 0) is 15.9 Å². The van der Waals surface area contributed by atoms with E-state index in [4.69, 9.17) is 4.74 Å². The summed E-state index contributed by atoms with van der Waals surface area (Å²) in [6, 6.07) is 0. The quantitative estimate of drug-likeness (QED) is 0.810. The summed E-state index contributed by atoms with van der Waals surface area (Å²) in [5.41, 5.74) is -0.257. The highest BCUT2D eigenvalue weighted by Gasteiger charge is 2.15. The SMILES string of the molecule is COCn1cc(Br)c(C(F)F)n1. The predicted octanol–water partition coefficient (Wildman–Crippen LogP) is 2.19. The third-order valence-electron chi connectivity index (χ3n) is 1.21. The zero-order valence-electron chi connectivity index (χ0n) is 6.30. The number of hydrogen-bond acceptors (Lipinski definition) is 2. The summed E-state index contributed by atoms with van der Waals surface area (Å²) in [7, 11) is 1.47. The van der Waals surface area contributed by atoms with Crippen LogP contribution >= 0.6 is 15.9 Å². The smallest absolute Gasteiger partial charge is 0.283 e. The molecule has 0 saturated heterocycles. The van der Waals surface area contributed by atoms with Gasteiger partial charge in [0, 0.05) is 13.3 Å². The Morgan fingerprint density at radius 2 is 2.42 bits per heavy atom. The number of aromatic nitrogens is 2. The summed E-state index contributed by atoms with van der Waals surface area (Å²) >= 11 is 2.97. The molecule has 0 bridgehead atoms. The van der Waals surface area contributed by atoms with Gasteiger partial charge in [0.25, 0.3) is 6.43 Å². The summed E-state index contributed by atoms with van der Waals surface area (Å²) in [5, 5.41) is 3.59. The van der Waals surface area contributed by atoms with Crippen molar-refractivity contribution < 1.29 is 13.5 Å². The molecule has 0 aliphatic rings. The number of nitrogens with zero attached hydrogens (tertiary/aromatic N) is 2. The van der Waals surface area contributed by atoms with Crippen LogP contribution in [0.15, 0.2) is 10.7 Å². The highest BCUT2D eigenvalue weighted by Crippen LogP contribution is 2.25. The monoisotopic (exact) mass is 240 g/mol. The molecule has 0 aliphatic carbocycles. The summed E-state index contributed by atoms with van der Waals surface area (Å²) < 4.78 is 30.6. The molecule has 6 heteroatoms. The van der Waals surface area contributed by atoms with E-state index >= 15 is 0 Å². The second-order valence-corrected chi connectivity index (χ2v) is 2.97. The van der Waals surface area contributed by atoms with Crippen molar-refractivity contribution in [3.63, 3.8) is 0 Å². The van der Waals surface area contributed by atoms with Crippen LogP contribution in [0.25, 0.3) is 0 Å². The van der Waals surface area contributed by atoms with Gasteiger partial charge in [-0.1, -0.05) is 0 Å². The Morgan fingerprint density at radius 3 is 2.83 bits per heavy atom. The molecule has 0 radical (unpaired) electrons. The third-order valence-corrected chi connectivity index (χ3v) is 1.82. The lowest BCUT2D eigenvalue weighted by atomic mass is 10.5. The van der Waals surface area contributed by atoms with E-state index in [2.05, 4.69) is 21.0 Å². The fraction of sp³-hybridized carbons (Fsp3) is 0.500. The Labute approximate surface area is 76.4 Å². The van der Waals surface area contributed by atoms with Crippen molar-refractivity contribution >= 4 is 15.9 Å². The summed E-state index contributed by atoms with van der Waals surface area (Å²) in [6.45, 7) is 0.172. The van der Waals surface area contributed by atoms with Gasteiger partial charge in [-0.25, -0.2) is 13.5 Å². The Bertz CT molecular complexity index is 264. The van der Waals surface area contributed by atoms with Crippen LogP contribution in [0.1, 0.15) is 12.1 Å². The summed E-state index contributed by atoms with van der Waals surface area (Å²) in [5.74, 6) is 0. The van der Waals surface area contributed by atoms with Crippen LogP contribution in [0, 0.1) is 0 Å². The van der Waals surface area contributed by atoms with Crippen LogP contribution in [0.2, 0.25) is 0 Å². The number of hydrogen-bond donors (Lipinski definition) is 0. The first kappa shape index (κ1) is 9.60. The molecule has 0 atom stereocenters. The van der Waals surface area contributed by atoms with E-state index in [0.717, 1.165) is 0 Å². The normalized spacial score (nSPS) is 11.1. The number of halogens is 3. The molecule has 0 spiro atoms. The molecule has 0 amide bonds. The van der Waals surface area contributed by atoms with E-state index in [0.29, 0.717) is 4.47 Å². The van der Waals surface area contributed by atoms with Crippen molar-refractivity contribution in [3.05, 3.63) is 16.4 Å². The van der Waals surface area contributed by atoms with Gasteiger partial charge in [0.2, 0.25) is 0 Å². The molecule has 0 aliphatic heterocycles. The van der Waals surface area contributed by atoms with Crippen LogP contribution in [-0.4, -0.2) is 16.9 Å². The van der Waals surface area contributed by atoms with Crippen LogP contribution in [0.3, 0.4) is 0 Å². The van der Waals surface area contributed by atoms with Gasteiger partial charge < -0.3 is 4.74 Å². The van der Waals surface area contributed by atoms with Gasteiger partial charge in [0.05, 0.1) is 4.47 Å². The lowest BCUT2D eigenvalue weighted by Gasteiger charge is -1.96. The molecule has 0 unspecified atom stereocenters. The Hall–Kier alpha value is -0.490. The van der Waals surface area contributed by atoms with E-state index in [9.17, 15) is 8.78 Å². The first-order valence-corrected chi connectivity index (χ1v) is 3.94. The van der Waals surface area contributed by atoms with Crippen molar-refractivity contribution in [2.24, 2.45) is 0 Å². The van der Waals surface area contributed by atoms with E-state index in [1.54, 1.807) is 0 Å². The molecule has 0 saturated carbocycles. The Morgan fingerprint density at radius 1 is 1.75 bits per heavy atom. The van der Waals surface area contributed by atoms with E-state index in [1.807, 2.05) is 0 Å². The second kappa shape index (κ2) is 3.95. The first-order valence-electron chi connectivity index (χ1n) is 3.15. The second-order valence-electron chi connectivity index (χ2n) is 2.12. The van der Waals surface area contributed by atoms with E-state index in [-0.39, 0.29) is 12.4 Å². The molecule has 0 aromatic carbocycles. The molecule has 3 nitrogen and oxygen atoms in total. The Kier molecular flexibility index (Phi) is 3.16. The average Bonchev–Trinajstić information content (AvgIpc) is 2.32. The van der Waals surface area contributed by atoms with Crippen LogP contribution in [-0.2, 0) is 11.5 Å². The summed E-state index contributed by atoms with van der Waals surface area (Å²) in [6.07, 6.45) is -1.11. The fourth-order valence-electron chi connectivity index (χ4n) is 0.758. The standard InChI is InChI=1S/C6H7BrF2N2O/c1-12-3-11-2-4(7)5(10-11)6(8)9/h2,6H,3H2,1H3. The topological polar surface area (TPSA) is 27.1 Å². The zero-order valence-corrected chi connectivity index (χ0v) is 7.88. The van der Waals surface area contributed by atoms with Gasteiger partial charge in [0.15, 0.2) is 0 Å². The maximum Gasteiger partial charge on any atom is 0.283 e. The predicted molar refractivity (Wildman–Crippen MR) is 41.9 cm³/mol. The highest BCUT2D eigenvalue weighted by atomic mass is 79.9. The molecule has 1 heterocycles. The lowest BCUT2D eigenvalue weighted by Crippen LogP contribution is -2.00. The minimum atomic E-state index is -2.56. The van der Waals surface area contributed by atoms with Gasteiger partial charge >= 0.3 is 0 Å². The molecule has 1 rings (SSSR count). The molecule has 12 heavy (non-hydrogen) atoms. The van der Waals surface area contributed by atoms with Gasteiger partial charge in [-0.3, -0.25) is 0 Å². The molecule has 1 aromatic rings. The average molecular weight is 241 g/mol. The van der Waals surface area contributed by atoms with Crippen molar-refractivity contribution in [3.8, 4) is 0 Å². The van der Waals surface area contributed by atoms with E-state index < -0.39 is 6.43 Å². The third kappa shape index (κ3) is 2.01. The minimum absolute atomic E-state index is 0.172. The Balaban J connectivity index is 2.85.